The van der Waals surface area contributed by atoms with Crippen LogP contribution in [-0.2, 0) is 11.3 Å². The molecule has 1 aromatic heterocycles. The van der Waals surface area contributed by atoms with Gasteiger partial charge in [-0.2, -0.15) is 0 Å². The molecule has 0 bridgehead atoms. The molecule has 0 saturated heterocycles. The predicted molar refractivity (Wildman–Crippen MR) is 94.3 cm³/mol. The lowest BCUT2D eigenvalue weighted by molar-refractivity contribution is 0.184. The maximum Gasteiger partial charge on any atom is 0.119 e. The zero-order valence-corrected chi connectivity index (χ0v) is 13.2. The molecule has 0 aliphatic carbocycles. The summed E-state index contributed by atoms with van der Waals surface area (Å²) in [5.41, 5.74) is 4.05. The van der Waals surface area contributed by atoms with E-state index in [1.54, 1.807) is 7.11 Å². The molecule has 0 aliphatic rings. The fraction of sp³-hybridized carbons (Fsp3) is 0.100. The second-order valence-electron chi connectivity index (χ2n) is 5.20. The summed E-state index contributed by atoms with van der Waals surface area (Å²) >= 11 is 0. The van der Waals surface area contributed by atoms with Crippen LogP contribution < -0.4 is 0 Å². The van der Waals surface area contributed by atoms with Crippen LogP contribution in [0.2, 0.25) is 0 Å². The minimum atomic E-state index is 0.446. The number of aromatic nitrogens is 1. The number of pyridine rings is 1. The number of benzene rings is 2. The summed E-state index contributed by atoms with van der Waals surface area (Å²) < 4.78 is 5.27. The number of hydrogen-bond acceptors (Lipinski definition) is 4. The minimum absolute atomic E-state index is 0.446. The van der Waals surface area contributed by atoms with Crippen LogP contribution in [0.1, 0.15) is 22.4 Å². The Labute approximate surface area is 140 Å². The van der Waals surface area contributed by atoms with Crippen molar-refractivity contribution < 1.29 is 9.94 Å². The first-order valence-corrected chi connectivity index (χ1v) is 7.48. The Morgan fingerprint density at radius 2 is 1.92 bits per heavy atom. The van der Waals surface area contributed by atoms with Crippen LogP contribution >= 0.6 is 0 Å². The van der Waals surface area contributed by atoms with E-state index in [2.05, 4.69) is 28.0 Å². The number of methoxy groups -OCH3 is 1. The third-order valence-electron chi connectivity index (χ3n) is 3.58. The number of para-hydroxylation sites is 1. The molecule has 1 N–H and O–H groups in total. The first-order chi connectivity index (χ1) is 11.8. The van der Waals surface area contributed by atoms with Gasteiger partial charge in [0.15, 0.2) is 0 Å². The topological polar surface area (TPSA) is 54.7 Å². The number of rotatable bonds is 3. The molecule has 4 nitrogen and oxygen atoms in total. The summed E-state index contributed by atoms with van der Waals surface area (Å²) in [4.78, 5) is 4.65. The van der Waals surface area contributed by atoms with E-state index >= 15 is 0 Å². The van der Waals surface area contributed by atoms with Crippen molar-refractivity contribution in [1.29, 1.82) is 0 Å². The molecule has 0 aliphatic heterocycles. The van der Waals surface area contributed by atoms with Crippen molar-refractivity contribution in [2.75, 3.05) is 7.11 Å². The monoisotopic (exact) mass is 316 g/mol. The van der Waals surface area contributed by atoms with Crippen LogP contribution in [0.4, 0.5) is 0 Å². The highest BCUT2D eigenvalue weighted by Gasteiger charge is 2.05. The van der Waals surface area contributed by atoms with Crippen molar-refractivity contribution in [3.05, 3.63) is 77.0 Å². The lowest BCUT2D eigenvalue weighted by Gasteiger charge is -2.05. The molecule has 2 aromatic carbocycles. The van der Waals surface area contributed by atoms with Crippen LogP contribution in [0.15, 0.2) is 59.8 Å². The van der Waals surface area contributed by atoms with Crippen molar-refractivity contribution >= 4 is 17.1 Å². The summed E-state index contributed by atoms with van der Waals surface area (Å²) in [5, 5.41) is 12.9. The number of oxime groups is 1. The van der Waals surface area contributed by atoms with Gasteiger partial charge in [0.05, 0.1) is 18.3 Å². The van der Waals surface area contributed by atoms with Gasteiger partial charge < -0.3 is 9.94 Å². The normalized spacial score (nSPS) is 10.7. The highest BCUT2D eigenvalue weighted by Crippen LogP contribution is 2.17. The average molecular weight is 316 g/mol. The van der Waals surface area contributed by atoms with Gasteiger partial charge in [-0.1, -0.05) is 47.5 Å². The molecule has 0 spiro atoms. The summed E-state index contributed by atoms with van der Waals surface area (Å²) in [7, 11) is 1.65. The molecule has 0 fully saturated rings. The van der Waals surface area contributed by atoms with E-state index in [0.29, 0.717) is 12.3 Å². The smallest absolute Gasteiger partial charge is 0.119 e. The van der Waals surface area contributed by atoms with Crippen LogP contribution in [0.3, 0.4) is 0 Å². The largest absolute Gasteiger partial charge is 0.411 e. The van der Waals surface area contributed by atoms with Crippen molar-refractivity contribution in [3.8, 4) is 11.8 Å². The molecule has 4 heteroatoms. The quantitative estimate of drug-likeness (QED) is 0.348. The van der Waals surface area contributed by atoms with Gasteiger partial charge in [-0.25, -0.2) is 4.98 Å². The fourth-order valence-corrected chi connectivity index (χ4v) is 2.45. The Kier molecular flexibility index (Phi) is 4.85. The third kappa shape index (κ3) is 3.43. The van der Waals surface area contributed by atoms with E-state index in [1.807, 2.05) is 48.5 Å². The average Bonchev–Trinajstić information content (AvgIpc) is 2.61. The van der Waals surface area contributed by atoms with Gasteiger partial charge >= 0.3 is 0 Å². The molecule has 0 atom stereocenters. The van der Waals surface area contributed by atoms with E-state index < -0.39 is 0 Å². The Hall–Kier alpha value is -3.16. The van der Waals surface area contributed by atoms with Crippen LogP contribution in [0.25, 0.3) is 10.9 Å². The first-order valence-electron chi connectivity index (χ1n) is 7.48. The molecule has 1 heterocycles. The van der Waals surface area contributed by atoms with Gasteiger partial charge in [-0.05, 0) is 24.1 Å². The van der Waals surface area contributed by atoms with Gasteiger partial charge in [0.1, 0.15) is 5.69 Å². The van der Waals surface area contributed by atoms with Crippen LogP contribution in [-0.4, -0.2) is 23.5 Å². The summed E-state index contributed by atoms with van der Waals surface area (Å²) in [6.45, 7) is 0.446. The van der Waals surface area contributed by atoms with E-state index in [0.717, 1.165) is 27.6 Å². The van der Waals surface area contributed by atoms with Crippen molar-refractivity contribution in [1.82, 2.24) is 4.98 Å². The second-order valence-corrected chi connectivity index (χ2v) is 5.20. The highest BCUT2D eigenvalue weighted by atomic mass is 16.5. The molecule has 0 unspecified atom stereocenters. The van der Waals surface area contributed by atoms with Crippen molar-refractivity contribution in [3.63, 3.8) is 0 Å². The zero-order valence-electron chi connectivity index (χ0n) is 13.2. The lowest BCUT2D eigenvalue weighted by Crippen LogP contribution is -1.97. The van der Waals surface area contributed by atoms with Crippen LogP contribution in [0.5, 0.6) is 0 Å². The second kappa shape index (κ2) is 7.40. The van der Waals surface area contributed by atoms with Crippen molar-refractivity contribution in [2.24, 2.45) is 5.16 Å². The molecule has 118 valence electrons. The number of hydrogen-bond donors (Lipinski definition) is 1. The molecule has 3 aromatic rings. The summed E-state index contributed by atoms with van der Waals surface area (Å²) in [6, 6.07) is 17.4. The van der Waals surface area contributed by atoms with E-state index in [4.69, 9.17) is 9.94 Å². The SMILES string of the molecule is COCc1cc2ccccc2nc1C#Cc1ccccc1/C=N\O. The molecule has 0 saturated carbocycles. The van der Waals surface area contributed by atoms with Gasteiger partial charge in [-0.15, -0.1) is 0 Å². The van der Waals surface area contributed by atoms with Crippen molar-refractivity contribution in [2.45, 2.75) is 6.61 Å². The van der Waals surface area contributed by atoms with Gasteiger partial charge in [-0.3, -0.25) is 0 Å². The standard InChI is InChI=1S/C20H16N2O2/c1-24-14-18-12-16-7-4-5-9-19(16)22-20(18)11-10-15-6-2-3-8-17(15)13-21-23/h2-9,12-13,23H,14H2,1H3/b21-13-. The lowest BCUT2D eigenvalue weighted by atomic mass is 10.1. The fourth-order valence-electron chi connectivity index (χ4n) is 2.45. The van der Waals surface area contributed by atoms with E-state index in [-0.39, 0.29) is 0 Å². The van der Waals surface area contributed by atoms with E-state index in [1.165, 1.54) is 6.21 Å². The maximum absolute atomic E-state index is 8.75. The Balaban J connectivity index is 2.09. The van der Waals surface area contributed by atoms with Gasteiger partial charge in [0.25, 0.3) is 0 Å². The zero-order chi connectivity index (χ0) is 16.8. The third-order valence-corrected chi connectivity index (χ3v) is 3.58. The van der Waals surface area contributed by atoms with Gasteiger partial charge in [0.2, 0.25) is 0 Å². The molecule has 24 heavy (non-hydrogen) atoms. The molecule has 0 amide bonds. The first kappa shape index (κ1) is 15.7. The maximum atomic E-state index is 8.75. The summed E-state index contributed by atoms with van der Waals surface area (Å²) in [5.74, 6) is 6.23. The Morgan fingerprint density at radius 3 is 2.75 bits per heavy atom. The Morgan fingerprint density at radius 1 is 1.12 bits per heavy atom. The van der Waals surface area contributed by atoms with Crippen LogP contribution in [0, 0.1) is 11.8 Å². The van der Waals surface area contributed by atoms with Gasteiger partial charge in [0, 0.05) is 29.2 Å². The predicted octanol–water partition coefficient (Wildman–Crippen LogP) is 3.59. The Bertz CT molecular complexity index is 953. The number of fused-ring (bicyclic) bond motifs is 1. The molecular formula is C20H16N2O2. The van der Waals surface area contributed by atoms with E-state index in [9.17, 15) is 0 Å². The number of ether oxygens (including phenoxy) is 1. The minimum Gasteiger partial charge on any atom is -0.411 e. The molecular weight excluding hydrogens is 300 g/mol. The summed E-state index contributed by atoms with van der Waals surface area (Å²) in [6.07, 6.45) is 1.37. The molecule has 0 radical (unpaired) electrons. The number of nitrogens with zero attached hydrogens (tertiary/aromatic N) is 2. The highest BCUT2D eigenvalue weighted by molar-refractivity contribution is 5.83. The molecule has 3 rings (SSSR count).